The number of aromatic nitrogens is 2. The molecule has 1 aromatic carbocycles. The van der Waals surface area contributed by atoms with E-state index in [0.29, 0.717) is 17.5 Å². The van der Waals surface area contributed by atoms with E-state index in [4.69, 9.17) is 15.0 Å². The number of benzene rings is 1. The summed E-state index contributed by atoms with van der Waals surface area (Å²) < 4.78 is 10.6. The van der Waals surface area contributed by atoms with Gasteiger partial charge in [0.25, 0.3) is 5.89 Å². The van der Waals surface area contributed by atoms with Gasteiger partial charge in [0.1, 0.15) is 5.75 Å². The molecule has 0 aliphatic heterocycles. The van der Waals surface area contributed by atoms with Gasteiger partial charge in [-0.25, -0.2) is 0 Å². The number of hydrogen-bond donors (Lipinski definition) is 1. The van der Waals surface area contributed by atoms with Crippen LogP contribution in [0.5, 0.6) is 5.75 Å². The van der Waals surface area contributed by atoms with Gasteiger partial charge >= 0.3 is 0 Å². The minimum absolute atomic E-state index is 0.123. The molecule has 2 aromatic rings. The summed E-state index contributed by atoms with van der Waals surface area (Å²) in [6, 6.07) is 7.23. The zero-order valence-electron chi connectivity index (χ0n) is 11.7. The van der Waals surface area contributed by atoms with E-state index in [-0.39, 0.29) is 11.5 Å². The van der Waals surface area contributed by atoms with Crippen molar-refractivity contribution in [3.05, 3.63) is 30.1 Å². The molecule has 1 aromatic heterocycles. The molecule has 19 heavy (non-hydrogen) atoms. The van der Waals surface area contributed by atoms with Gasteiger partial charge in [-0.15, -0.1) is 0 Å². The quantitative estimate of drug-likeness (QED) is 0.919. The first-order chi connectivity index (χ1) is 8.93. The summed E-state index contributed by atoms with van der Waals surface area (Å²) in [5, 5.41) is 3.97. The van der Waals surface area contributed by atoms with Crippen molar-refractivity contribution in [2.75, 3.05) is 7.11 Å². The summed E-state index contributed by atoms with van der Waals surface area (Å²) in [4.78, 5) is 4.37. The van der Waals surface area contributed by atoms with Crippen molar-refractivity contribution in [2.45, 2.75) is 26.8 Å². The molecule has 0 bridgehead atoms. The molecule has 0 aliphatic carbocycles. The number of nitrogens with two attached hydrogens (primary N) is 1. The highest BCUT2D eigenvalue weighted by molar-refractivity contribution is 5.62. The molecule has 1 atom stereocenters. The summed E-state index contributed by atoms with van der Waals surface area (Å²) in [6.45, 7) is 6.12. The van der Waals surface area contributed by atoms with Gasteiger partial charge in [0.15, 0.2) is 5.82 Å². The largest absolute Gasteiger partial charge is 0.496 e. The Labute approximate surface area is 112 Å². The Hall–Kier alpha value is -1.88. The number of methoxy groups -OCH3 is 1. The Morgan fingerprint density at radius 3 is 2.58 bits per heavy atom. The zero-order chi connectivity index (χ0) is 14.0. The fourth-order valence-electron chi connectivity index (χ4n) is 1.68. The predicted octanol–water partition coefficient (Wildman–Crippen LogP) is 2.79. The molecule has 2 N–H and O–H groups in total. The molecule has 102 valence electrons. The molecule has 0 saturated carbocycles. The number of para-hydroxylation sites is 1. The van der Waals surface area contributed by atoms with Crippen molar-refractivity contribution >= 4 is 0 Å². The van der Waals surface area contributed by atoms with E-state index in [0.717, 1.165) is 5.56 Å². The van der Waals surface area contributed by atoms with Crippen molar-refractivity contribution in [1.82, 2.24) is 10.1 Å². The van der Waals surface area contributed by atoms with Crippen molar-refractivity contribution in [2.24, 2.45) is 11.1 Å². The summed E-state index contributed by atoms with van der Waals surface area (Å²) in [6.07, 6.45) is 0. The number of hydrogen-bond acceptors (Lipinski definition) is 5. The number of rotatable bonds is 3. The minimum Gasteiger partial charge on any atom is -0.496 e. The van der Waals surface area contributed by atoms with Crippen LogP contribution in [0.15, 0.2) is 28.8 Å². The second kappa shape index (κ2) is 5.01. The summed E-state index contributed by atoms with van der Waals surface area (Å²) in [5.41, 5.74) is 6.76. The summed E-state index contributed by atoms with van der Waals surface area (Å²) >= 11 is 0. The first-order valence-corrected chi connectivity index (χ1v) is 6.16. The van der Waals surface area contributed by atoms with E-state index in [1.54, 1.807) is 7.11 Å². The van der Waals surface area contributed by atoms with Crippen LogP contribution in [0.4, 0.5) is 0 Å². The lowest BCUT2D eigenvalue weighted by Gasteiger charge is -2.23. The molecule has 0 saturated heterocycles. The monoisotopic (exact) mass is 261 g/mol. The molecule has 0 aliphatic rings. The van der Waals surface area contributed by atoms with Gasteiger partial charge < -0.3 is 15.0 Å². The second-order valence-corrected chi connectivity index (χ2v) is 5.50. The van der Waals surface area contributed by atoms with Crippen molar-refractivity contribution in [1.29, 1.82) is 0 Å². The minimum atomic E-state index is -0.278. The molecule has 0 radical (unpaired) electrons. The maximum absolute atomic E-state index is 6.12. The maximum Gasteiger partial charge on any atom is 0.261 e. The Bertz CT molecular complexity index is 558. The highest BCUT2D eigenvalue weighted by Gasteiger charge is 2.27. The molecular formula is C14H19N3O2. The standard InChI is InChI=1S/C14H19N3O2/c1-14(2,3)11(15)12-16-13(19-17-12)9-7-5-6-8-10(9)18-4/h5-8,11H,15H2,1-4H3. The fourth-order valence-corrected chi connectivity index (χ4v) is 1.68. The molecule has 5 heteroatoms. The Morgan fingerprint density at radius 1 is 1.26 bits per heavy atom. The van der Waals surface area contributed by atoms with E-state index in [1.807, 2.05) is 45.0 Å². The SMILES string of the molecule is COc1ccccc1-c1nc(C(N)C(C)(C)C)no1. The second-order valence-electron chi connectivity index (χ2n) is 5.50. The van der Waals surface area contributed by atoms with Crippen molar-refractivity contribution < 1.29 is 9.26 Å². The molecule has 0 amide bonds. The van der Waals surface area contributed by atoms with Gasteiger partial charge in [-0.3, -0.25) is 0 Å². The van der Waals surface area contributed by atoms with E-state index in [1.165, 1.54) is 0 Å². The van der Waals surface area contributed by atoms with Gasteiger partial charge in [0.05, 0.1) is 18.7 Å². The topological polar surface area (TPSA) is 74.2 Å². The summed E-state index contributed by atoms with van der Waals surface area (Å²) in [7, 11) is 1.61. The van der Waals surface area contributed by atoms with Crippen LogP contribution in [0, 0.1) is 5.41 Å². The Kier molecular flexibility index (Phi) is 3.57. The smallest absolute Gasteiger partial charge is 0.261 e. The molecule has 2 rings (SSSR count). The van der Waals surface area contributed by atoms with Crippen molar-refractivity contribution in [3.8, 4) is 17.2 Å². The average Bonchev–Trinajstić information content (AvgIpc) is 2.86. The first kappa shape index (κ1) is 13.5. The van der Waals surface area contributed by atoms with Gasteiger partial charge in [-0.1, -0.05) is 38.1 Å². The fraction of sp³-hybridized carbons (Fsp3) is 0.429. The van der Waals surface area contributed by atoms with Gasteiger partial charge in [0, 0.05) is 0 Å². The Balaban J connectivity index is 2.36. The molecule has 0 spiro atoms. The van der Waals surface area contributed by atoms with Crippen LogP contribution in [0.1, 0.15) is 32.6 Å². The van der Waals surface area contributed by atoms with Gasteiger partial charge in [-0.2, -0.15) is 4.98 Å². The lowest BCUT2D eigenvalue weighted by atomic mass is 9.87. The molecular weight excluding hydrogens is 242 g/mol. The maximum atomic E-state index is 6.12. The normalized spacial score (nSPS) is 13.3. The number of nitrogens with zero attached hydrogens (tertiary/aromatic N) is 2. The third-order valence-corrected chi connectivity index (χ3v) is 2.99. The van der Waals surface area contributed by atoms with Crippen LogP contribution in [0.2, 0.25) is 0 Å². The lowest BCUT2D eigenvalue weighted by Crippen LogP contribution is -2.27. The van der Waals surface area contributed by atoms with Gasteiger partial charge in [-0.05, 0) is 17.5 Å². The molecule has 1 unspecified atom stereocenters. The van der Waals surface area contributed by atoms with Crippen LogP contribution >= 0.6 is 0 Å². The van der Waals surface area contributed by atoms with Crippen LogP contribution in [0.25, 0.3) is 11.5 Å². The molecule has 1 heterocycles. The van der Waals surface area contributed by atoms with Crippen LogP contribution in [-0.2, 0) is 0 Å². The van der Waals surface area contributed by atoms with Crippen LogP contribution in [-0.4, -0.2) is 17.3 Å². The third-order valence-electron chi connectivity index (χ3n) is 2.99. The van der Waals surface area contributed by atoms with Gasteiger partial charge in [0.2, 0.25) is 0 Å². The summed E-state index contributed by atoms with van der Waals surface area (Å²) in [5.74, 6) is 1.63. The third kappa shape index (κ3) is 2.76. The predicted molar refractivity (Wildman–Crippen MR) is 72.7 cm³/mol. The highest BCUT2D eigenvalue weighted by Crippen LogP contribution is 2.32. The highest BCUT2D eigenvalue weighted by atomic mass is 16.5. The van der Waals surface area contributed by atoms with Crippen LogP contribution in [0.3, 0.4) is 0 Å². The van der Waals surface area contributed by atoms with E-state index >= 15 is 0 Å². The van der Waals surface area contributed by atoms with E-state index in [2.05, 4.69) is 10.1 Å². The Morgan fingerprint density at radius 2 is 1.95 bits per heavy atom. The zero-order valence-corrected chi connectivity index (χ0v) is 11.7. The number of ether oxygens (including phenoxy) is 1. The van der Waals surface area contributed by atoms with Crippen LogP contribution < -0.4 is 10.5 Å². The first-order valence-electron chi connectivity index (χ1n) is 6.16. The van der Waals surface area contributed by atoms with E-state index in [9.17, 15) is 0 Å². The average molecular weight is 261 g/mol. The van der Waals surface area contributed by atoms with E-state index < -0.39 is 0 Å². The lowest BCUT2D eigenvalue weighted by molar-refractivity contribution is 0.303. The van der Waals surface area contributed by atoms with Crippen molar-refractivity contribution in [3.63, 3.8) is 0 Å². The molecule has 5 nitrogen and oxygen atoms in total. The molecule has 0 fully saturated rings.